The molecule has 3 rings (SSSR count). The molecule has 1 aliphatic heterocycles. The standard InChI is InChI=1S/C19H28N4O2/c24-18(15-6-4-5-7-15)20-11-12-21-19(25)22-16-10-13-23(14-16)17-8-2-1-3-9-17/h1-3,8-9,15-16H,4-7,10-14H2,(H,20,24)(H2,21,22,25)/t16-/m1/s1. The summed E-state index contributed by atoms with van der Waals surface area (Å²) in [6.07, 6.45) is 5.25. The Bertz CT molecular complexity index is 572. The third kappa shape index (κ3) is 5.11. The number of para-hydroxylation sites is 1. The number of anilines is 1. The molecule has 2 aliphatic rings. The molecular formula is C19H28N4O2. The van der Waals surface area contributed by atoms with Gasteiger partial charge in [0, 0.05) is 43.8 Å². The van der Waals surface area contributed by atoms with Crippen LogP contribution in [0, 0.1) is 5.92 Å². The van der Waals surface area contributed by atoms with Crippen LogP contribution in [0.15, 0.2) is 30.3 Å². The van der Waals surface area contributed by atoms with Crippen molar-refractivity contribution in [2.75, 3.05) is 31.1 Å². The van der Waals surface area contributed by atoms with E-state index < -0.39 is 0 Å². The van der Waals surface area contributed by atoms with Crippen LogP contribution in [0.1, 0.15) is 32.1 Å². The van der Waals surface area contributed by atoms with E-state index in [1.54, 1.807) is 0 Å². The van der Waals surface area contributed by atoms with Crippen LogP contribution in [0.5, 0.6) is 0 Å². The lowest BCUT2D eigenvalue weighted by Gasteiger charge is -2.19. The van der Waals surface area contributed by atoms with Gasteiger partial charge >= 0.3 is 6.03 Å². The van der Waals surface area contributed by atoms with Gasteiger partial charge < -0.3 is 20.9 Å². The van der Waals surface area contributed by atoms with Gasteiger partial charge in [0.1, 0.15) is 0 Å². The first-order valence-electron chi connectivity index (χ1n) is 9.34. The lowest BCUT2D eigenvalue weighted by Crippen LogP contribution is -2.45. The largest absolute Gasteiger partial charge is 0.369 e. The van der Waals surface area contributed by atoms with Crippen LogP contribution in [0.3, 0.4) is 0 Å². The van der Waals surface area contributed by atoms with Crippen molar-refractivity contribution < 1.29 is 9.59 Å². The average molecular weight is 344 g/mol. The number of rotatable bonds is 6. The highest BCUT2D eigenvalue weighted by Crippen LogP contribution is 2.24. The number of hydrogen-bond acceptors (Lipinski definition) is 3. The maximum atomic E-state index is 12.0. The highest BCUT2D eigenvalue weighted by atomic mass is 16.2. The number of nitrogens with zero attached hydrogens (tertiary/aromatic N) is 1. The van der Waals surface area contributed by atoms with Crippen LogP contribution in [0.25, 0.3) is 0 Å². The first-order valence-corrected chi connectivity index (χ1v) is 9.34. The zero-order valence-electron chi connectivity index (χ0n) is 14.7. The normalized spacial score (nSPS) is 20.5. The highest BCUT2D eigenvalue weighted by Gasteiger charge is 2.24. The van der Waals surface area contributed by atoms with E-state index in [0.717, 1.165) is 45.2 Å². The Hall–Kier alpha value is -2.24. The smallest absolute Gasteiger partial charge is 0.315 e. The van der Waals surface area contributed by atoms with Gasteiger partial charge in [-0.3, -0.25) is 4.79 Å². The van der Waals surface area contributed by atoms with Gasteiger partial charge in [-0.2, -0.15) is 0 Å². The lowest BCUT2D eigenvalue weighted by molar-refractivity contribution is -0.124. The van der Waals surface area contributed by atoms with Gasteiger partial charge in [-0.15, -0.1) is 0 Å². The molecule has 3 N–H and O–H groups in total. The monoisotopic (exact) mass is 344 g/mol. The highest BCUT2D eigenvalue weighted by molar-refractivity contribution is 5.79. The summed E-state index contributed by atoms with van der Waals surface area (Å²) in [6.45, 7) is 2.73. The number of hydrogen-bond donors (Lipinski definition) is 3. The van der Waals surface area contributed by atoms with E-state index in [0.29, 0.717) is 13.1 Å². The molecule has 1 heterocycles. The molecule has 6 nitrogen and oxygen atoms in total. The van der Waals surface area contributed by atoms with Crippen LogP contribution in [0.4, 0.5) is 10.5 Å². The molecule has 1 aromatic carbocycles. The summed E-state index contributed by atoms with van der Waals surface area (Å²) in [4.78, 5) is 26.2. The summed E-state index contributed by atoms with van der Waals surface area (Å²) in [5.74, 6) is 0.310. The fourth-order valence-corrected chi connectivity index (χ4v) is 3.68. The molecule has 136 valence electrons. The van der Waals surface area contributed by atoms with Crippen LogP contribution in [-0.4, -0.2) is 44.2 Å². The first kappa shape index (κ1) is 17.6. The molecule has 0 radical (unpaired) electrons. The molecule has 0 unspecified atom stereocenters. The molecule has 1 saturated heterocycles. The molecular weight excluding hydrogens is 316 g/mol. The van der Waals surface area contributed by atoms with E-state index >= 15 is 0 Å². The Labute approximate surface area is 149 Å². The Kier molecular flexibility index (Phi) is 6.14. The van der Waals surface area contributed by atoms with Crippen molar-refractivity contribution in [1.82, 2.24) is 16.0 Å². The Morgan fingerprint density at radius 3 is 2.48 bits per heavy atom. The zero-order valence-corrected chi connectivity index (χ0v) is 14.7. The Balaban J connectivity index is 1.30. The van der Waals surface area contributed by atoms with Gasteiger partial charge in [-0.05, 0) is 31.4 Å². The summed E-state index contributed by atoms with van der Waals surface area (Å²) in [7, 11) is 0. The van der Waals surface area contributed by atoms with Crippen LogP contribution >= 0.6 is 0 Å². The minimum Gasteiger partial charge on any atom is -0.369 e. The van der Waals surface area contributed by atoms with Gasteiger partial charge in [-0.25, -0.2) is 4.79 Å². The molecule has 0 spiro atoms. The molecule has 1 aromatic rings. The SMILES string of the molecule is O=C(NCCNC(=O)C1CCCC1)N[C@@H]1CCN(c2ccccc2)C1. The van der Waals surface area contributed by atoms with Crippen molar-refractivity contribution in [3.05, 3.63) is 30.3 Å². The number of carbonyl (C=O) groups is 2. The third-order valence-corrected chi connectivity index (χ3v) is 5.08. The summed E-state index contributed by atoms with van der Waals surface area (Å²) >= 11 is 0. The maximum absolute atomic E-state index is 12.0. The molecule has 0 aromatic heterocycles. The number of nitrogens with one attached hydrogen (secondary N) is 3. The second kappa shape index (κ2) is 8.74. The predicted octanol–water partition coefficient (Wildman–Crippen LogP) is 1.87. The molecule has 6 heteroatoms. The van der Waals surface area contributed by atoms with Crippen molar-refractivity contribution in [3.63, 3.8) is 0 Å². The summed E-state index contributed by atoms with van der Waals surface area (Å²) in [5, 5.41) is 8.76. The van der Waals surface area contributed by atoms with Crippen molar-refractivity contribution >= 4 is 17.6 Å². The quantitative estimate of drug-likeness (QED) is 0.690. The maximum Gasteiger partial charge on any atom is 0.315 e. The van der Waals surface area contributed by atoms with E-state index in [1.165, 1.54) is 5.69 Å². The van der Waals surface area contributed by atoms with Crippen LogP contribution < -0.4 is 20.9 Å². The first-order chi connectivity index (χ1) is 12.2. The number of urea groups is 1. The zero-order chi connectivity index (χ0) is 17.5. The van der Waals surface area contributed by atoms with Crippen molar-refractivity contribution in [2.45, 2.75) is 38.1 Å². The van der Waals surface area contributed by atoms with E-state index in [1.807, 2.05) is 18.2 Å². The van der Waals surface area contributed by atoms with Crippen molar-refractivity contribution in [3.8, 4) is 0 Å². The van der Waals surface area contributed by atoms with Crippen molar-refractivity contribution in [1.29, 1.82) is 0 Å². The number of amides is 3. The summed E-state index contributed by atoms with van der Waals surface area (Å²) in [6, 6.07) is 10.3. The molecule has 0 bridgehead atoms. The molecule has 1 atom stereocenters. The van der Waals surface area contributed by atoms with Crippen LogP contribution in [0.2, 0.25) is 0 Å². The summed E-state index contributed by atoms with van der Waals surface area (Å²) in [5.41, 5.74) is 1.20. The Morgan fingerprint density at radius 1 is 1.00 bits per heavy atom. The number of carbonyl (C=O) groups excluding carboxylic acids is 2. The van der Waals surface area contributed by atoms with E-state index in [-0.39, 0.29) is 23.9 Å². The predicted molar refractivity (Wildman–Crippen MR) is 98.6 cm³/mol. The topological polar surface area (TPSA) is 73.5 Å². The molecule has 2 fully saturated rings. The summed E-state index contributed by atoms with van der Waals surface area (Å²) < 4.78 is 0. The fourth-order valence-electron chi connectivity index (χ4n) is 3.68. The van der Waals surface area contributed by atoms with Gasteiger partial charge in [-0.1, -0.05) is 31.0 Å². The van der Waals surface area contributed by atoms with Gasteiger partial charge in [0.15, 0.2) is 0 Å². The Morgan fingerprint density at radius 2 is 1.72 bits per heavy atom. The fraction of sp³-hybridized carbons (Fsp3) is 0.579. The van der Waals surface area contributed by atoms with E-state index in [2.05, 4.69) is 33.0 Å². The van der Waals surface area contributed by atoms with Crippen LogP contribution in [-0.2, 0) is 4.79 Å². The molecule has 25 heavy (non-hydrogen) atoms. The number of benzene rings is 1. The van der Waals surface area contributed by atoms with E-state index in [9.17, 15) is 9.59 Å². The van der Waals surface area contributed by atoms with E-state index in [4.69, 9.17) is 0 Å². The minimum atomic E-state index is -0.157. The molecule has 1 aliphatic carbocycles. The third-order valence-electron chi connectivity index (χ3n) is 5.08. The molecule has 1 saturated carbocycles. The van der Waals surface area contributed by atoms with Gasteiger partial charge in [0.05, 0.1) is 0 Å². The second-order valence-corrected chi connectivity index (χ2v) is 6.94. The second-order valence-electron chi connectivity index (χ2n) is 6.94. The minimum absolute atomic E-state index is 0.133. The lowest BCUT2D eigenvalue weighted by atomic mass is 10.1. The van der Waals surface area contributed by atoms with Gasteiger partial charge in [0.2, 0.25) is 5.91 Å². The van der Waals surface area contributed by atoms with Crippen molar-refractivity contribution in [2.24, 2.45) is 5.92 Å². The molecule has 3 amide bonds. The average Bonchev–Trinajstić information content (AvgIpc) is 3.31. The van der Waals surface area contributed by atoms with Gasteiger partial charge in [0.25, 0.3) is 0 Å².